The van der Waals surface area contributed by atoms with E-state index in [1.807, 2.05) is 48.5 Å². The second-order valence-corrected chi connectivity index (χ2v) is 4.86. The van der Waals surface area contributed by atoms with Gasteiger partial charge in [-0.1, -0.05) is 42.5 Å². The average Bonchev–Trinajstić information content (AvgIpc) is 2.59. The zero-order valence-corrected chi connectivity index (χ0v) is 12.5. The molecule has 0 aliphatic heterocycles. The standard InChI is InChI=1S/C19H17N2O/c1-2-21(14-17-6-4-3-5-7-17)19-10-8-16(9-11-19)12-18(13-20)15-22/h3-12H,2,14H2,1H3. The molecule has 0 saturated heterocycles. The van der Waals surface area contributed by atoms with E-state index in [9.17, 15) is 4.79 Å². The van der Waals surface area contributed by atoms with Gasteiger partial charge < -0.3 is 4.90 Å². The number of nitriles is 1. The van der Waals surface area contributed by atoms with Crippen molar-refractivity contribution in [3.8, 4) is 6.07 Å². The topological polar surface area (TPSA) is 44.1 Å². The summed E-state index contributed by atoms with van der Waals surface area (Å²) in [6.45, 7) is 3.86. The zero-order valence-electron chi connectivity index (χ0n) is 12.5. The van der Waals surface area contributed by atoms with Crippen LogP contribution in [0.3, 0.4) is 0 Å². The first kappa shape index (κ1) is 15.5. The number of benzene rings is 2. The van der Waals surface area contributed by atoms with Gasteiger partial charge in [-0.15, -0.1) is 0 Å². The van der Waals surface area contributed by atoms with Gasteiger partial charge in [-0.25, -0.2) is 0 Å². The van der Waals surface area contributed by atoms with Crippen molar-refractivity contribution in [3.63, 3.8) is 0 Å². The second-order valence-electron chi connectivity index (χ2n) is 4.86. The van der Waals surface area contributed by atoms with E-state index in [0.29, 0.717) is 0 Å². The fraction of sp³-hybridized carbons (Fsp3) is 0.158. The number of allylic oxidation sites excluding steroid dienone is 1. The van der Waals surface area contributed by atoms with Crippen LogP contribution in [0.4, 0.5) is 5.69 Å². The van der Waals surface area contributed by atoms with E-state index in [-0.39, 0.29) is 5.57 Å². The predicted octanol–water partition coefficient (Wildman–Crippen LogP) is 3.73. The molecule has 0 atom stereocenters. The summed E-state index contributed by atoms with van der Waals surface area (Å²) in [5.74, 6) is 0. The van der Waals surface area contributed by atoms with Crippen LogP contribution in [0, 0.1) is 11.3 Å². The second kappa shape index (κ2) is 7.80. The fourth-order valence-corrected chi connectivity index (χ4v) is 2.22. The van der Waals surface area contributed by atoms with E-state index in [4.69, 9.17) is 5.26 Å². The quantitative estimate of drug-likeness (QED) is 0.601. The number of anilines is 1. The zero-order chi connectivity index (χ0) is 15.8. The van der Waals surface area contributed by atoms with Crippen LogP contribution in [0.15, 0.2) is 60.2 Å². The van der Waals surface area contributed by atoms with E-state index < -0.39 is 0 Å². The number of rotatable bonds is 6. The summed E-state index contributed by atoms with van der Waals surface area (Å²) in [7, 11) is 0. The van der Waals surface area contributed by atoms with Gasteiger partial charge in [-0.05, 0) is 36.3 Å². The molecule has 109 valence electrons. The van der Waals surface area contributed by atoms with E-state index in [0.717, 1.165) is 24.3 Å². The Bertz CT molecular complexity index is 682. The minimum atomic E-state index is 0.00406. The maximum atomic E-state index is 10.5. The fourth-order valence-electron chi connectivity index (χ4n) is 2.22. The highest BCUT2D eigenvalue weighted by molar-refractivity contribution is 5.87. The van der Waals surface area contributed by atoms with Gasteiger partial charge in [0.05, 0.1) is 0 Å². The molecule has 0 spiro atoms. The first-order valence-corrected chi connectivity index (χ1v) is 7.15. The molecule has 0 N–H and O–H groups in total. The van der Waals surface area contributed by atoms with Crippen molar-refractivity contribution in [2.24, 2.45) is 0 Å². The lowest BCUT2D eigenvalue weighted by Gasteiger charge is -2.23. The SMILES string of the molecule is CCN(Cc1ccccc1)c1ccc(C=C([C]=O)C#N)cc1. The maximum absolute atomic E-state index is 10.5. The summed E-state index contributed by atoms with van der Waals surface area (Å²) in [5.41, 5.74) is 3.19. The minimum absolute atomic E-state index is 0.00406. The summed E-state index contributed by atoms with van der Waals surface area (Å²) in [6, 6.07) is 19.9. The van der Waals surface area contributed by atoms with Crippen molar-refractivity contribution < 1.29 is 4.79 Å². The van der Waals surface area contributed by atoms with Crippen LogP contribution in [0.2, 0.25) is 0 Å². The van der Waals surface area contributed by atoms with Gasteiger partial charge in [-0.3, -0.25) is 4.79 Å². The van der Waals surface area contributed by atoms with Gasteiger partial charge in [0.1, 0.15) is 11.6 Å². The van der Waals surface area contributed by atoms with Crippen molar-refractivity contribution in [2.75, 3.05) is 11.4 Å². The molecule has 0 unspecified atom stereocenters. The molecule has 0 heterocycles. The summed E-state index contributed by atoms with van der Waals surface area (Å²) >= 11 is 0. The van der Waals surface area contributed by atoms with Crippen molar-refractivity contribution in [1.29, 1.82) is 5.26 Å². The number of carbonyl (C=O) groups excluding carboxylic acids is 1. The summed E-state index contributed by atoms with van der Waals surface area (Å²) in [4.78, 5) is 12.8. The lowest BCUT2D eigenvalue weighted by molar-refractivity contribution is 0.563. The molecule has 3 heteroatoms. The van der Waals surface area contributed by atoms with Crippen LogP contribution in [0.5, 0.6) is 0 Å². The van der Waals surface area contributed by atoms with Crippen LogP contribution >= 0.6 is 0 Å². The molecule has 3 nitrogen and oxygen atoms in total. The highest BCUT2D eigenvalue weighted by Crippen LogP contribution is 2.19. The third-order valence-electron chi connectivity index (χ3n) is 3.40. The monoisotopic (exact) mass is 289 g/mol. The van der Waals surface area contributed by atoms with E-state index >= 15 is 0 Å². The van der Waals surface area contributed by atoms with Crippen LogP contribution in [0.25, 0.3) is 6.08 Å². The van der Waals surface area contributed by atoms with Gasteiger partial charge in [0.25, 0.3) is 0 Å². The summed E-state index contributed by atoms with van der Waals surface area (Å²) in [6.07, 6.45) is 3.15. The van der Waals surface area contributed by atoms with Gasteiger partial charge in [-0.2, -0.15) is 5.26 Å². The predicted molar refractivity (Wildman–Crippen MR) is 88.9 cm³/mol. The molecule has 0 amide bonds. The molecular weight excluding hydrogens is 272 g/mol. The Hall–Kier alpha value is -2.86. The van der Waals surface area contributed by atoms with E-state index in [1.54, 1.807) is 6.29 Å². The molecule has 0 fully saturated rings. The highest BCUT2D eigenvalue weighted by Gasteiger charge is 2.05. The van der Waals surface area contributed by atoms with Gasteiger partial charge in [0, 0.05) is 18.8 Å². The summed E-state index contributed by atoms with van der Waals surface area (Å²) in [5, 5.41) is 8.74. The minimum Gasteiger partial charge on any atom is -0.367 e. The molecule has 0 aromatic heterocycles. The molecule has 0 aliphatic rings. The lowest BCUT2D eigenvalue weighted by atomic mass is 10.1. The highest BCUT2D eigenvalue weighted by atomic mass is 16.1. The molecule has 2 rings (SSSR count). The Labute approximate surface area is 131 Å². The van der Waals surface area contributed by atoms with Crippen molar-refractivity contribution in [1.82, 2.24) is 0 Å². The normalized spacial score (nSPS) is 10.8. The van der Waals surface area contributed by atoms with E-state index in [2.05, 4.69) is 24.0 Å². The smallest absolute Gasteiger partial charge is 0.244 e. The first-order chi connectivity index (χ1) is 10.8. The average molecular weight is 289 g/mol. The molecular formula is C19H17N2O. The number of nitrogens with zero attached hydrogens (tertiary/aromatic N) is 2. The molecule has 2 aromatic rings. The molecule has 0 aliphatic carbocycles. The first-order valence-electron chi connectivity index (χ1n) is 7.15. The van der Waals surface area contributed by atoms with E-state index in [1.165, 1.54) is 11.6 Å². The van der Waals surface area contributed by atoms with Gasteiger partial charge in [0.2, 0.25) is 6.29 Å². The van der Waals surface area contributed by atoms with Crippen molar-refractivity contribution in [3.05, 3.63) is 71.3 Å². The Kier molecular flexibility index (Phi) is 5.50. The van der Waals surface area contributed by atoms with Gasteiger partial charge in [0.15, 0.2) is 0 Å². The van der Waals surface area contributed by atoms with Crippen molar-refractivity contribution >= 4 is 18.0 Å². The maximum Gasteiger partial charge on any atom is 0.244 e. The molecule has 0 bridgehead atoms. The largest absolute Gasteiger partial charge is 0.367 e. The Balaban J connectivity index is 2.16. The number of hydrogen-bond acceptors (Lipinski definition) is 3. The molecule has 22 heavy (non-hydrogen) atoms. The lowest BCUT2D eigenvalue weighted by Crippen LogP contribution is -2.21. The van der Waals surface area contributed by atoms with Crippen LogP contribution in [-0.4, -0.2) is 12.8 Å². The Morgan fingerprint density at radius 1 is 1.14 bits per heavy atom. The van der Waals surface area contributed by atoms with Crippen LogP contribution < -0.4 is 4.90 Å². The molecule has 2 aromatic carbocycles. The summed E-state index contributed by atoms with van der Waals surface area (Å²) < 4.78 is 0. The van der Waals surface area contributed by atoms with Crippen LogP contribution in [-0.2, 0) is 11.3 Å². The van der Waals surface area contributed by atoms with Crippen molar-refractivity contribution in [2.45, 2.75) is 13.5 Å². The third-order valence-corrected chi connectivity index (χ3v) is 3.40. The molecule has 0 saturated carbocycles. The Morgan fingerprint density at radius 3 is 2.36 bits per heavy atom. The third kappa shape index (κ3) is 4.07. The van der Waals surface area contributed by atoms with Gasteiger partial charge >= 0.3 is 0 Å². The molecule has 1 radical (unpaired) electrons. The number of hydrogen-bond donors (Lipinski definition) is 0. The van der Waals surface area contributed by atoms with Crippen LogP contribution in [0.1, 0.15) is 18.1 Å². The Morgan fingerprint density at radius 2 is 1.82 bits per heavy atom.